The van der Waals surface area contributed by atoms with Gasteiger partial charge in [0, 0.05) is 30.6 Å². The highest BCUT2D eigenvalue weighted by molar-refractivity contribution is 6.05. The number of fused-ring (bicyclic) bond motifs is 1. The Morgan fingerprint density at radius 2 is 2.00 bits per heavy atom. The van der Waals surface area contributed by atoms with Crippen LogP contribution >= 0.6 is 0 Å². The summed E-state index contributed by atoms with van der Waals surface area (Å²) in [6.45, 7) is 6.61. The second-order valence-electron chi connectivity index (χ2n) is 8.96. The molecule has 3 heterocycles. The lowest BCUT2D eigenvalue weighted by atomic mass is 10.0. The highest BCUT2D eigenvalue weighted by Gasteiger charge is 2.39. The first-order valence-corrected chi connectivity index (χ1v) is 12.0. The fourth-order valence-corrected chi connectivity index (χ4v) is 4.50. The number of benzene rings is 1. The van der Waals surface area contributed by atoms with Gasteiger partial charge in [-0.3, -0.25) is 19.7 Å². The number of hydrogen-bond acceptors (Lipinski definition) is 7. The summed E-state index contributed by atoms with van der Waals surface area (Å²) in [4.78, 5) is 37.9. The number of unbranched alkanes of at least 4 members (excludes halogenated alkanes) is 3. The summed E-state index contributed by atoms with van der Waals surface area (Å²) in [6, 6.07) is 4.87. The second kappa shape index (κ2) is 10.8. The number of carbonyl (C=O) groups excluding carboxylic acids is 3. The van der Waals surface area contributed by atoms with Crippen molar-refractivity contribution in [1.29, 1.82) is 0 Å². The molecule has 0 aliphatic carbocycles. The maximum atomic E-state index is 12.7. The number of carbonyl (C=O) groups is 3. The summed E-state index contributed by atoms with van der Waals surface area (Å²) in [7, 11) is 0. The SMILES string of the molecule is Cc1noc(C)c1CNCCCCCCOc1ccc2c(c1)CN(C1CCC(=O)NC1=O)C2=O. The van der Waals surface area contributed by atoms with Crippen molar-refractivity contribution in [2.75, 3.05) is 13.2 Å². The molecule has 0 saturated carbocycles. The number of nitrogens with zero attached hydrogens (tertiary/aromatic N) is 2. The molecule has 1 saturated heterocycles. The van der Waals surface area contributed by atoms with Gasteiger partial charge in [0.05, 0.1) is 12.3 Å². The van der Waals surface area contributed by atoms with Gasteiger partial charge < -0.3 is 19.5 Å². The molecule has 1 unspecified atom stereocenters. The van der Waals surface area contributed by atoms with Crippen LogP contribution in [0.5, 0.6) is 5.75 Å². The van der Waals surface area contributed by atoms with E-state index in [0.29, 0.717) is 25.1 Å². The first-order chi connectivity index (χ1) is 16.4. The minimum atomic E-state index is -0.596. The number of nitrogens with one attached hydrogen (secondary N) is 2. The van der Waals surface area contributed by atoms with Gasteiger partial charge in [0.15, 0.2) is 0 Å². The van der Waals surface area contributed by atoms with Gasteiger partial charge in [0.25, 0.3) is 5.91 Å². The highest BCUT2D eigenvalue weighted by Crippen LogP contribution is 2.30. The first-order valence-electron chi connectivity index (χ1n) is 12.0. The van der Waals surface area contributed by atoms with E-state index in [1.165, 1.54) is 0 Å². The number of hydrogen-bond donors (Lipinski definition) is 2. The van der Waals surface area contributed by atoms with Crippen molar-refractivity contribution < 1.29 is 23.6 Å². The molecule has 2 aromatic rings. The molecule has 3 amide bonds. The van der Waals surface area contributed by atoms with Crippen LogP contribution in [0.2, 0.25) is 0 Å². The molecule has 34 heavy (non-hydrogen) atoms. The van der Waals surface area contributed by atoms with Gasteiger partial charge in [0.1, 0.15) is 17.6 Å². The molecule has 0 spiro atoms. The van der Waals surface area contributed by atoms with Crippen LogP contribution in [0.1, 0.15) is 71.5 Å². The van der Waals surface area contributed by atoms with Gasteiger partial charge in [-0.2, -0.15) is 0 Å². The van der Waals surface area contributed by atoms with Crippen molar-refractivity contribution in [3.63, 3.8) is 0 Å². The molecule has 182 valence electrons. The van der Waals surface area contributed by atoms with Crippen LogP contribution in [0.15, 0.2) is 22.7 Å². The molecule has 0 bridgehead atoms. The molecule has 2 aliphatic heterocycles. The monoisotopic (exact) mass is 468 g/mol. The smallest absolute Gasteiger partial charge is 0.255 e. The third-order valence-corrected chi connectivity index (χ3v) is 6.49. The van der Waals surface area contributed by atoms with Crippen LogP contribution in [0.25, 0.3) is 0 Å². The standard InChI is InChI=1S/C25H32N4O5/c1-16-21(17(2)34-28-16)14-26-11-5-3-4-6-12-33-19-7-8-20-18(13-19)15-29(25(20)32)22-9-10-23(30)27-24(22)31/h7-8,13,22,26H,3-6,9-12,14-15H2,1-2H3,(H,27,30,31). The van der Waals surface area contributed by atoms with Crippen molar-refractivity contribution in [1.82, 2.24) is 20.7 Å². The van der Waals surface area contributed by atoms with Crippen LogP contribution in [0.3, 0.4) is 0 Å². The Labute approximate surface area is 199 Å². The Kier molecular flexibility index (Phi) is 7.62. The maximum Gasteiger partial charge on any atom is 0.255 e. The third kappa shape index (κ3) is 5.47. The van der Waals surface area contributed by atoms with E-state index in [9.17, 15) is 14.4 Å². The number of aryl methyl sites for hydroxylation is 2. The van der Waals surface area contributed by atoms with E-state index in [2.05, 4.69) is 15.8 Å². The molecule has 0 radical (unpaired) electrons. The lowest BCUT2D eigenvalue weighted by Gasteiger charge is -2.29. The summed E-state index contributed by atoms with van der Waals surface area (Å²) < 4.78 is 11.1. The van der Waals surface area contributed by atoms with Crippen LogP contribution in [0, 0.1) is 13.8 Å². The quantitative estimate of drug-likeness (QED) is 0.385. The van der Waals surface area contributed by atoms with Crippen molar-refractivity contribution >= 4 is 17.7 Å². The fraction of sp³-hybridized carbons (Fsp3) is 0.520. The summed E-state index contributed by atoms with van der Waals surface area (Å²) in [5.74, 6) is 0.765. The van der Waals surface area contributed by atoms with Gasteiger partial charge >= 0.3 is 0 Å². The minimum Gasteiger partial charge on any atom is -0.494 e. The van der Waals surface area contributed by atoms with Gasteiger partial charge in [-0.1, -0.05) is 18.0 Å². The zero-order chi connectivity index (χ0) is 24.1. The number of ether oxygens (including phenoxy) is 1. The maximum absolute atomic E-state index is 12.7. The molecule has 1 fully saturated rings. The fourth-order valence-electron chi connectivity index (χ4n) is 4.50. The summed E-state index contributed by atoms with van der Waals surface area (Å²) >= 11 is 0. The first kappa shape index (κ1) is 23.9. The molecule has 9 heteroatoms. The third-order valence-electron chi connectivity index (χ3n) is 6.49. The van der Waals surface area contributed by atoms with E-state index in [4.69, 9.17) is 9.26 Å². The molecule has 1 atom stereocenters. The van der Waals surface area contributed by atoms with Crippen LogP contribution in [0.4, 0.5) is 0 Å². The summed E-state index contributed by atoms with van der Waals surface area (Å²) in [6.07, 6.45) is 4.88. The molecule has 9 nitrogen and oxygen atoms in total. The van der Waals surface area contributed by atoms with Gasteiger partial charge in [-0.25, -0.2) is 0 Å². The Morgan fingerprint density at radius 1 is 1.18 bits per heavy atom. The predicted molar refractivity (Wildman–Crippen MR) is 124 cm³/mol. The molecule has 1 aromatic carbocycles. The number of imide groups is 1. The van der Waals surface area contributed by atoms with Gasteiger partial charge in [0.2, 0.25) is 11.8 Å². The average molecular weight is 469 g/mol. The topological polar surface area (TPSA) is 114 Å². The Morgan fingerprint density at radius 3 is 2.76 bits per heavy atom. The molecule has 4 rings (SSSR count). The summed E-state index contributed by atoms with van der Waals surface area (Å²) in [5.41, 5.74) is 3.55. The molecule has 1 aromatic heterocycles. The lowest BCUT2D eigenvalue weighted by Crippen LogP contribution is -2.52. The number of rotatable bonds is 11. The molecular formula is C25H32N4O5. The van der Waals surface area contributed by atoms with Crippen LogP contribution in [-0.2, 0) is 22.7 Å². The van der Waals surface area contributed by atoms with Gasteiger partial charge in [-0.05, 0) is 63.4 Å². The normalized spacial score (nSPS) is 17.8. The van der Waals surface area contributed by atoms with E-state index in [-0.39, 0.29) is 18.2 Å². The van der Waals surface area contributed by atoms with Crippen molar-refractivity contribution in [2.24, 2.45) is 0 Å². The highest BCUT2D eigenvalue weighted by atomic mass is 16.5. The van der Waals surface area contributed by atoms with E-state index < -0.39 is 11.9 Å². The number of piperidine rings is 1. The predicted octanol–water partition coefficient (Wildman–Crippen LogP) is 2.78. The Bertz CT molecular complexity index is 1040. The summed E-state index contributed by atoms with van der Waals surface area (Å²) in [5, 5.41) is 9.73. The van der Waals surface area contributed by atoms with Crippen molar-refractivity contribution in [3.05, 3.63) is 46.3 Å². The number of aromatic nitrogens is 1. The van der Waals surface area contributed by atoms with Crippen LogP contribution in [-0.4, -0.2) is 47.0 Å². The molecular weight excluding hydrogens is 436 g/mol. The Balaban J connectivity index is 1.14. The second-order valence-corrected chi connectivity index (χ2v) is 8.96. The van der Waals surface area contributed by atoms with E-state index in [0.717, 1.165) is 67.1 Å². The zero-order valence-corrected chi connectivity index (χ0v) is 19.8. The van der Waals surface area contributed by atoms with Gasteiger partial charge in [-0.15, -0.1) is 0 Å². The Hall–Kier alpha value is -3.20. The van der Waals surface area contributed by atoms with Crippen molar-refractivity contribution in [3.8, 4) is 5.75 Å². The average Bonchev–Trinajstić information content (AvgIpc) is 3.31. The molecule has 2 aliphatic rings. The lowest BCUT2D eigenvalue weighted by molar-refractivity contribution is -0.136. The molecule has 2 N–H and O–H groups in total. The van der Waals surface area contributed by atoms with Crippen LogP contribution < -0.4 is 15.4 Å². The van der Waals surface area contributed by atoms with E-state index in [1.807, 2.05) is 26.0 Å². The van der Waals surface area contributed by atoms with E-state index in [1.54, 1.807) is 11.0 Å². The minimum absolute atomic E-state index is 0.168. The zero-order valence-electron chi connectivity index (χ0n) is 19.8. The largest absolute Gasteiger partial charge is 0.494 e. The van der Waals surface area contributed by atoms with E-state index >= 15 is 0 Å². The number of amides is 3. The van der Waals surface area contributed by atoms with Crippen molar-refractivity contribution in [2.45, 2.75) is 71.5 Å².